The van der Waals surface area contributed by atoms with Gasteiger partial charge in [0.25, 0.3) is 0 Å². The van der Waals surface area contributed by atoms with Crippen LogP contribution in [0.5, 0.6) is 0 Å². The zero-order valence-corrected chi connectivity index (χ0v) is 9.43. The third kappa shape index (κ3) is 8.34. The fourth-order valence-electron chi connectivity index (χ4n) is 1.24. The molecule has 0 aromatic heterocycles. The van der Waals surface area contributed by atoms with E-state index in [2.05, 4.69) is 17.5 Å². The summed E-state index contributed by atoms with van der Waals surface area (Å²) in [4.78, 5) is 10.3. The molecule has 4 nitrogen and oxygen atoms in total. The van der Waals surface area contributed by atoms with E-state index in [1.807, 2.05) is 0 Å². The molecule has 2 N–H and O–H groups in total. The highest BCUT2D eigenvalue weighted by molar-refractivity contribution is 7.78. The van der Waals surface area contributed by atoms with Crippen LogP contribution in [0.4, 0.5) is 0 Å². The quantitative estimate of drug-likeness (QED) is 0.407. The summed E-state index contributed by atoms with van der Waals surface area (Å²) in [6.45, 7) is 0.873. The average molecular weight is 221 g/mol. The molecule has 0 aliphatic rings. The van der Waals surface area contributed by atoms with Gasteiger partial charge in [0.1, 0.15) is 0 Å². The minimum absolute atomic E-state index is 0.0750. The van der Waals surface area contributed by atoms with E-state index in [0.717, 1.165) is 25.8 Å². The van der Waals surface area contributed by atoms with Crippen LogP contribution < -0.4 is 4.72 Å². The molecule has 0 spiro atoms. The highest BCUT2D eigenvalue weighted by Crippen LogP contribution is 2.10. The van der Waals surface area contributed by atoms with Gasteiger partial charge in [0, 0.05) is 20.1 Å². The van der Waals surface area contributed by atoms with E-state index in [1.165, 1.54) is 0 Å². The number of nitrogens with one attached hydrogen (secondary N) is 1. The van der Waals surface area contributed by atoms with Gasteiger partial charge in [-0.05, 0) is 25.7 Å². The number of hydrogen-bond donors (Lipinski definition) is 3. The van der Waals surface area contributed by atoms with Crippen molar-refractivity contribution in [2.24, 2.45) is 0 Å². The van der Waals surface area contributed by atoms with Crippen molar-refractivity contribution in [2.45, 2.75) is 38.2 Å². The Hall–Kier alpha value is -0.260. The zero-order chi connectivity index (χ0) is 10.8. The number of hydrogen-bond acceptors (Lipinski definition) is 4. The number of ether oxygens (including phenoxy) is 1. The van der Waals surface area contributed by atoms with Crippen molar-refractivity contribution >= 4 is 18.8 Å². The van der Waals surface area contributed by atoms with Gasteiger partial charge in [-0.3, -0.25) is 9.52 Å². The third-order valence-corrected chi connectivity index (χ3v) is 2.30. The van der Waals surface area contributed by atoms with Crippen LogP contribution in [0.1, 0.15) is 32.1 Å². The fraction of sp³-hybridized carbons (Fsp3) is 0.889. The second kappa shape index (κ2) is 9.30. The molecule has 14 heavy (non-hydrogen) atoms. The number of carboxylic acids is 1. The standard InChI is InChI=1S/C9H19NO3S/c1-13-8(5-6-9(11)12)4-2-3-7-10-14/h8,10,14H,2-7H2,1H3,(H,11,12). The Kier molecular flexibility index (Phi) is 9.13. The summed E-state index contributed by atoms with van der Waals surface area (Å²) in [5.41, 5.74) is 0. The second-order valence-corrected chi connectivity index (χ2v) is 3.51. The Labute approximate surface area is 90.6 Å². The molecule has 0 saturated heterocycles. The number of methoxy groups -OCH3 is 1. The molecule has 1 atom stereocenters. The summed E-state index contributed by atoms with van der Waals surface area (Å²) in [6, 6.07) is 0. The number of aliphatic carboxylic acids is 1. The zero-order valence-electron chi connectivity index (χ0n) is 8.53. The molecule has 0 bridgehead atoms. The number of carbonyl (C=O) groups is 1. The van der Waals surface area contributed by atoms with Crippen LogP contribution in [-0.4, -0.2) is 30.8 Å². The minimum atomic E-state index is -0.760. The fourth-order valence-corrected chi connectivity index (χ4v) is 1.40. The van der Waals surface area contributed by atoms with Crippen LogP contribution in [0.15, 0.2) is 0 Å². The molecule has 0 radical (unpaired) electrons. The smallest absolute Gasteiger partial charge is 0.303 e. The van der Waals surface area contributed by atoms with Crippen LogP contribution >= 0.6 is 12.8 Å². The Morgan fingerprint density at radius 1 is 1.50 bits per heavy atom. The molecule has 0 aromatic carbocycles. The summed E-state index contributed by atoms with van der Waals surface area (Å²) in [5.74, 6) is -0.760. The lowest BCUT2D eigenvalue weighted by molar-refractivity contribution is -0.137. The third-order valence-electron chi connectivity index (χ3n) is 2.08. The Morgan fingerprint density at radius 2 is 2.21 bits per heavy atom. The first-order valence-electron chi connectivity index (χ1n) is 4.82. The maximum atomic E-state index is 10.3. The maximum Gasteiger partial charge on any atom is 0.303 e. The highest BCUT2D eigenvalue weighted by Gasteiger charge is 2.08. The summed E-state index contributed by atoms with van der Waals surface area (Å²) in [5, 5.41) is 8.49. The molecule has 0 aliphatic carbocycles. The van der Waals surface area contributed by atoms with Gasteiger partial charge in [-0.15, -0.1) is 0 Å². The number of rotatable bonds is 9. The monoisotopic (exact) mass is 221 g/mol. The largest absolute Gasteiger partial charge is 0.481 e. The molecule has 5 heteroatoms. The van der Waals surface area contributed by atoms with Crippen LogP contribution in [0.25, 0.3) is 0 Å². The topological polar surface area (TPSA) is 58.6 Å². The lowest BCUT2D eigenvalue weighted by atomic mass is 10.1. The molecular formula is C9H19NO3S. The Bertz CT molecular complexity index is 155. The maximum absolute atomic E-state index is 10.3. The van der Waals surface area contributed by atoms with Gasteiger partial charge >= 0.3 is 5.97 Å². The first-order chi connectivity index (χ1) is 6.70. The van der Waals surface area contributed by atoms with E-state index >= 15 is 0 Å². The van der Waals surface area contributed by atoms with Gasteiger partial charge in [0.05, 0.1) is 6.10 Å². The first-order valence-corrected chi connectivity index (χ1v) is 5.27. The molecule has 0 aromatic rings. The molecule has 0 saturated carbocycles. The van der Waals surface area contributed by atoms with Crippen molar-refractivity contribution in [2.75, 3.05) is 13.7 Å². The van der Waals surface area contributed by atoms with Gasteiger partial charge in [0.2, 0.25) is 0 Å². The average Bonchev–Trinajstić information content (AvgIpc) is 2.16. The lowest BCUT2D eigenvalue weighted by Crippen LogP contribution is -2.13. The van der Waals surface area contributed by atoms with Crippen molar-refractivity contribution in [3.05, 3.63) is 0 Å². The van der Waals surface area contributed by atoms with Gasteiger partial charge in [-0.2, -0.15) is 0 Å². The molecule has 0 aliphatic heterocycles. The van der Waals surface area contributed by atoms with E-state index in [0.29, 0.717) is 6.42 Å². The minimum Gasteiger partial charge on any atom is -0.481 e. The molecule has 84 valence electrons. The van der Waals surface area contributed by atoms with Crippen LogP contribution in [0.2, 0.25) is 0 Å². The Balaban J connectivity index is 3.42. The molecule has 1 unspecified atom stereocenters. The van der Waals surface area contributed by atoms with Gasteiger partial charge < -0.3 is 9.84 Å². The summed E-state index contributed by atoms with van der Waals surface area (Å²) in [6.07, 6.45) is 3.84. The molecule has 0 fully saturated rings. The molecule has 0 rings (SSSR count). The van der Waals surface area contributed by atoms with Gasteiger partial charge in [0.15, 0.2) is 0 Å². The lowest BCUT2D eigenvalue weighted by Gasteiger charge is -2.13. The van der Waals surface area contributed by atoms with Crippen molar-refractivity contribution in [1.82, 2.24) is 4.72 Å². The predicted octanol–water partition coefficient (Wildman–Crippen LogP) is 1.47. The van der Waals surface area contributed by atoms with E-state index in [1.54, 1.807) is 7.11 Å². The predicted molar refractivity (Wildman–Crippen MR) is 58.5 cm³/mol. The molecule has 0 heterocycles. The van der Waals surface area contributed by atoms with Crippen molar-refractivity contribution in [3.8, 4) is 0 Å². The van der Waals surface area contributed by atoms with E-state index < -0.39 is 5.97 Å². The van der Waals surface area contributed by atoms with Crippen molar-refractivity contribution in [1.29, 1.82) is 0 Å². The second-order valence-electron chi connectivity index (χ2n) is 3.19. The van der Waals surface area contributed by atoms with E-state index in [4.69, 9.17) is 9.84 Å². The molecular weight excluding hydrogens is 202 g/mol. The SMILES string of the molecule is COC(CCCCNS)CCC(=O)O. The number of carboxylic acid groups (broad SMARTS) is 1. The van der Waals surface area contributed by atoms with E-state index in [9.17, 15) is 4.79 Å². The summed E-state index contributed by atoms with van der Waals surface area (Å²) < 4.78 is 7.95. The van der Waals surface area contributed by atoms with Crippen molar-refractivity contribution < 1.29 is 14.6 Å². The highest BCUT2D eigenvalue weighted by atomic mass is 32.1. The number of thiol groups is 1. The molecule has 0 amide bonds. The summed E-state index contributed by atoms with van der Waals surface area (Å²) in [7, 11) is 1.63. The van der Waals surface area contributed by atoms with Crippen LogP contribution in [-0.2, 0) is 9.53 Å². The van der Waals surface area contributed by atoms with Crippen molar-refractivity contribution in [3.63, 3.8) is 0 Å². The van der Waals surface area contributed by atoms with Crippen LogP contribution in [0, 0.1) is 0 Å². The van der Waals surface area contributed by atoms with Gasteiger partial charge in [-0.25, -0.2) is 0 Å². The normalized spacial score (nSPS) is 12.7. The summed E-state index contributed by atoms with van der Waals surface area (Å²) >= 11 is 3.88. The van der Waals surface area contributed by atoms with Crippen LogP contribution in [0.3, 0.4) is 0 Å². The number of unbranched alkanes of at least 4 members (excludes halogenated alkanes) is 1. The Morgan fingerprint density at radius 3 is 2.71 bits per heavy atom. The van der Waals surface area contributed by atoms with Gasteiger partial charge in [-0.1, -0.05) is 12.8 Å². The first kappa shape index (κ1) is 13.7. The van der Waals surface area contributed by atoms with E-state index in [-0.39, 0.29) is 12.5 Å².